The van der Waals surface area contributed by atoms with Crippen molar-refractivity contribution >= 4 is 11.6 Å². The Bertz CT molecular complexity index is 422. The van der Waals surface area contributed by atoms with Crippen LogP contribution in [0.4, 0.5) is 11.6 Å². The van der Waals surface area contributed by atoms with Crippen molar-refractivity contribution in [2.24, 2.45) is 0 Å². The number of anilines is 2. The molecular weight excluding hydrogens is 240 g/mol. The molecule has 1 atom stereocenters. The van der Waals surface area contributed by atoms with Gasteiger partial charge in [0.2, 0.25) is 0 Å². The topological polar surface area (TPSA) is 50.3 Å². The van der Waals surface area contributed by atoms with E-state index in [1.54, 1.807) is 0 Å². The Morgan fingerprint density at radius 3 is 2.89 bits per heavy atom. The third-order valence-corrected chi connectivity index (χ3v) is 3.50. The minimum absolute atomic E-state index is 0.327. The predicted molar refractivity (Wildman–Crippen MR) is 77.9 cm³/mol. The number of nitrogens with zero attached hydrogens (tertiary/aromatic N) is 3. The molecule has 1 saturated heterocycles. The van der Waals surface area contributed by atoms with E-state index in [-0.39, 0.29) is 0 Å². The van der Waals surface area contributed by atoms with Crippen LogP contribution in [-0.4, -0.2) is 42.8 Å². The molecule has 2 heterocycles. The zero-order valence-corrected chi connectivity index (χ0v) is 12.3. The first-order chi connectivity index (χ1) is 9.15. The van der Waals surface area contributed by atoms with Gasteiger partial charge in [-0.05, 0) is 6.42 Å². The van der Waals surface area contributed by atoms with E-state index < -0.39 is 0 Å². The molecule has 0 aromatic carbocycles. The van der Waals surface area contributed by atoms with Gasteiger partial charge in [-0.15, -0.1) is 0 Å². The smallest absolute Gasteiger partial charge is 0.135 e. The summed E-state index contributed by atoms with van der Waals surface area (Å²) in [5.74, 6) is 3.12. The van der Waals surface area contributed by atoms with E-state index >= 15 is 0 Å². The Kier molecular flexibility index (Phi) is 4.58. The fourth-order valence-corrected chi connectivity index (χ4v) is 2.28. The molecule has 1 aliphatic rings. The minimum atomic E-state index is 0.327. The standard InChI is InChI=1S/C14H24N4O/c1-5-11-9-19-7-6-18(11)13-8-12(15-4)16-14(17-13)10(2)3/h8,10-11H,5-7,9H2,1-4H3,(H,15,16,17). The van der Waals surface area contributed by atoms with Gasteiger partial charge < -0.3 is 15.0 Å². The molecule has 5 heteroatoms. The highest BCUT2D eigenvalue weighted by atomic mass is 16.5. The lowest BCUT2D eigenvalue weighted by Crippen LogP contribution is -2.45. The summed E-state index contributed by atoms with van der Waals surface area (Å²) >= 11 is 0. The molecule has 0 bridgehead atoms. The van der Waals surface area contributed by atoms with Crippen molar-refractivity contribution in [1.82, 2.24) is 9.97 Å². The van der Waals surface area contributed by atoms with Crippen LogP contribution < -0.4 is 10.2 Å². The molecule has 19 heavy (non-hydrogen) atoms. The van der Waals surface area contributed by atoms with Gasteiger partial charge in [-0.25, -0.2) is 9.97 Å². The van der Waals surface area contributed by atoms with E-state index in [1.807, 2.05) is 13.1 Å². The number of morpholine rings is 1. The summed E-state index contributed by atoms with van der Waals surface area (Å²) in [4.78, 5) is 11.6. The van der Waals surface area contributed by atoms with E-state index in [9.17, 15) is 0 Å². The van der Waals surface area contributed by atoms with Gasteiger partial charge in [-0.3, -0.25) is 0 Å². The van der Waals surface area contributed by atoms with E-state index in [0.717, 1.165) is 43.6 Å². The Morgan fingerprint density at radius 2 is 2.26 bits per heavy atom. The fourth-order valence-electron chi connectivity index (χ4n) is 2.28. The van der Waals surface area contributed by atoms with Crippen molar-refractivity contribution in [3.8, 4) is 0 Å². The van der Waals surface area contributed by atoms with Crippen LogP contribution in [0.15, 0.2) is 6.07 Å². The second kappa shape index (κ2) is 6.19. The maximum Gasteiger partial charge on any atom is 0.135 e. The average Bonchev–Trinajstić information content (AvgIpc) is 2.46. The number of ether oxygens (including phenoxy) is 1. The third-order valence-electron chi connectivity index (χ3n) is 3.50. The fraction of sp³-hybridized carbons (Fsp3) is 0.714. The van der Waals surface area contributed by atoms with Gasteiger partial charge >= 0.3 is 0 Å². The number of nitrogens with one attached hydrogen (secondary N) is 1. The molecule has 1 unspecified atom stereocenters. The predicted octanol–water partition coefficient (Wildman–Crippen LogP) is 2.26. The molecule has 2 rings (SSSR count). The van der Waals surface area contributed by atoms with Crippen molar-refractivity contribution in [3.63, 3.8) is 0 Å². The Morgan fingerprint density at radius 1 is 1.47 bits per heavy atom. The largest absolute Gasteiger partial charge is 0.377 e. The zero-order valence-electron chi connectivity index (χ0n) is 12.3. The zero-order chi connectivity index (χ0) is 13.8. The van der Waals surface area contributed by atoms with Gasteiger partial charge in [-0.2, -0.15) is 0 Å². The van der Waals surface area contributed by atoms with Crippen molar-refractivity contribution < 1.29 is 4.74 Å². The number of aromatic nitrogens is 2. The number of rotatable bonds is 4. The summed E-state index contributed by atoms with van der Waals surface area (Å²) in [7, 11) is 1.90. The quantitative estimate of drug-likeness (QED) is 0.904. The molecule has 106 valence electrons. The first kappa shape index (κ1) is 14.1. The van der Waals surface area contributed by atoms with E-state index in [2.05, 4.69) is 36.0 Å². The first-order valence-corrected chi connectivity index (χ1v) is 7.06. The normalized spacial score (nSPS) is 19.8. The van der Waals surface area contributed by atoms with Crippen molar-refractivity contribution in [1.29, 1.82) is 0 Å². The lowest BCUT2D eigenvalue weighted by atomic mass is 10.1. The van der Waals surface area contributed by atoms with Gasteiger partial charge in [0.15, 0.2) is 0 Å². The molecule has 1 aromatic heterocycles. The molecule has 1 N–H and O–H groups in total. The SMILES string of the molecule is CCC1COCCN1c1cc(NC)nc(C(C)C)n1. The minimum Gasteiger partial charge on any atom is -0.377 e. The van der Waals surface area contributed by atoms with E-state index in [1.165, 1.54) is 0 Å². The molecule has 0 aliphatic carbocycles. The Labute approximate surface area is 115 Å². The van der Waals surface area contributed by atoms with Crippen molar-refractivity contribution in [3.05, 3.63) is 11.9 Å². The molecule has 1 aromatic rings. The summed E-state index contributed by atoms with van der Waals surface area (Å²) in [6.45, 7) is 8.88. The molecule has 0 spiro atoms. The first-order valence-electron chi connectivity index (χ1n) is 7.06. The van der Waals surface area contributed by atoms with Crippen LogP contribution >= 0.6 is 0 Å². The van der Waals surface area contributed by atoms with Crippen molar-refractivity contribution in [2.75, 3.05) is 37.0 Å². The van der Waals surface area contributed by atoms with Gasteiger partial charge in [0, 0.05) is 25.6 Å². The Balaban J connectivity index is 2.33. The highest BCUT2D eigenvalue weighted by Crippen LogP contribution is 2.23. The summed E-state index contributed by atoms with van der Waals surface area (Å²) in [5, 5.41) is 3.13. The van der Waals surface area contributed by atoms with Gasteiger partial charge in [0.05, 0.1) is 19.3 Å². The summed E-state index contributed by atoms with van der Waals surface area (Å²) in [6.07, 6.45) is 1.07. The monoisotopic (exact) mass is 264 g/mol. The van der Waals surface area contributed by atoms with Crippen LogP contribution in [-0.2, 0) is 4.74 Å². The lowest BCUT2D eigenvalue weighted by Gasteiger charge is -2.36. The molecule has 0 amide bonds. The molecule has 0 radical (unpaired) electrons. The molecule has 5 nitrogen and oxygen atoms in total. The maximum absolute atomic E-state index is 5.56. The molecule has 0 saturated carbocycles. The lowest BCUT2D eigenvalue weighted by molar-refractivity contribution is 0.0925. The van der Waals surface area contributed by atoms with E-state index in [4.69, 9.17) is 9.72 Å². The second-order valence-corrected chi connectivity index (χ2v) is 5.20. The summed E-state index contributed by atoms with van der Waals surface area (Å²) < 4.78 is 5.56. The Hall–Kier alpha value is -1.36. The van der Waals surface area contributed by atoms with Crippen LogP contribution in [0.3, 0.4) is 0 Å². The van der Waals surface area contributed by atoms with Crippen LogP contribution in [0.2, 0.25) is 0 Å². The van der Waals surface area contributed by atoms with E-state index in [0.29, 0.717) is 12.0 Å². The average molecular weight is 264 g/mol. The maximum atomic E-state index is 5.56. The van der Waals surface area contributed by atoms with Gasteiger partial charge in [-0.1, -0.05) is 20.8 Å². The van der Waals surface area contributed by atoms with Crippen molar-refractivity contribution in [2.45, 2.75) is 39.2 Å². The number of hydrogen-bond donors (Lipinski definition) is 1. The third kappa shape index (κ3) is 3.15. The summed E-state index contributed by atoms with van der Waals surface area (Å²) in [5.41, 5.74) is 0. The van der Waals surface area contributed by atoms with Gasteiger partial charge in [0.1, 0.15) is 17.5 Å². The van der Waals surface area contributed by atoms with Crippen LogP contribution in [0.25, 0.3) is 0 Å². The van der Waals surface area contributed by atoms with Gasteiger partial charge in [0.25, 0.3) is 0 Å². The second-order valence-electron chi connectivity index (χ2n) is 5.20. The summed E-state index contributed by atoms with van der Waals surface area (Å²) in [6, 6.07) is 2.44. The molecule has 1 fully saturated rings. The molecular formula is C14H24N4O. The molecule has 1 aliphatic heterocycles. The number of hydrogen-bond acceptors (Lipinski definition) is 5. The highest BCUT2D eigenvalue weighted by Gasteiger charge is 2.23. The van der Waals surface area contributed by atoms with Crippen LogP contribution in [0.1, 0.15) is 38.9 Å². The van der Waals surface area contributed by atoms with Crippen LogP contribution in [0.5, 0.6) is 0 Å². The highest BCUT2D eigenvalue weighted by molar-refractivity contribution is 5.50. The van der Waals surface area contributed by atoms with Crippen LogP contribution in [0, 0.1) is 0 Å².